The molecule has 3 heterocycles. The Morgan fingerprint density at radius 2 is 1.55 bits per heavy atom. The molecule has 162 valence electrons. The number of anilines is 1. The zero-order valence-corrected chi connectivity index (χ0v) is 17.6. The number of amides is 2. The Balaban J connectivity index is 1.21. The van der Waals surface area contributed by atoms with Gasteiger partial charge in [0.05, 0.1) is 11.1 Å². The van der Waals surface area contributed by atoms with Gasteiger partial charge in [0.15, 0.2) is 4.92 Å². The number of benzene rings is 1. The summed E-state index contributed by atoms with van der Waals surface area (Å²) >= 11 is 0. The lowest BCUT2D eigenvalue weighted by atomic mass is 10.1. The van der Waals surface area contributed by atoms with Crippen molar-refractivity contribution in [3.05, 3.63) is 58.5 Å². The van der Waals surface area contributed by atoms with Crippen LogP contribution in [0, 0.1) is 4.91 Å². The molecule has 0 unspecified atom stereocenters. The fourth-order valence-corrected chi connectivity index (χ4v) is 4.03. The molecular formula is C22H26N5O4+. The largest absolute Gasteiger partial charge is 0.410 e. The normalized spacial score (nSPS) is 16.5. The van der Waals surface area contributed by atoms with Crippen LogP contribution in [0.15, 0.2) is 42.5 Å². The van der Waals surface area contributed by atoms with Gasteiger partial charge in [-0.25, -0.2) is 0 Å². The van der Waals surface area contributed by atoms with Crippen LogP contribution in [0.2, 0.25) is 0 Å². The lowest BCUT2D eigenvalue weighted by Gasteiger charge is -2.34. The van der Waals surface area contributed by atoms with E-state index in [4.69, 9.17) is 0 Å². The number of carbonyl (C=O) groups excluding carboxylic acids is 2. The maximum absolute atomic E-state index is 12.4. The summed E-state index contributed by atoms with van der Waals surface area (Å²) in [6.45, 7) is 4.80. The second kappa shape index (κ2) is 9.22. The monoisotopic (exact) mass is 424 g/mol. The van der Waals surface area contributed by atoms with Crippen LogP contribution >= 0.6 is 0 Å². The Bertz CT molecular complexity index is 952. The van der Waals surface area contributed by atoms with Crippen molar-refractivity contribution in [1.29, 1.82) is 0 Å². The number of hydrogen-bond donors (Lipinski definition) is 0. The first-order chi connectivity index (χ1) is 15.1. The topological polar surface area (TPSA) is 86.1 Å². The van der Waals surface area contributed by atoms with E-state index in [9.17, 15) is 14.5 Å². The Morgan fingerprint density at radius 1 is 0.903 bits per heavy atom. The van der Waals surface area contributed by atoms with Gasteiger partial charge in [-0.1, -0.05) is 12.1 Å². The van der Waals surface area contributed by atoms with Gasteiger partial charge in [-0.2, -0.15) is 0 Å². The van der Waals surface area contributed by atoms with Gasteiger partial charge in [0.2, 0.25) is 5.82 Å². The van der Waals surface area contributed by atoms with Crippen LogP contribution in [-0.4, -0.2) is 77.9 Å². The van der Waals surface area contributed by atoms with Crippen molar-refractivity contribution in [2.24, 2.45) is 0 Å². The van der Waals surface area contributed by atoms with E-state index in [0.717, 1.165) is 51.4 Å². The second-order valence-corrected chi connectivity index (χ2v) is 7.64. The molecule has 1 aromatic carbocycles. The molecule has 0 bridgehead atoms. The average Bonchev–Trinajstić information content (AvgIpc) is 3.06. The number of fused-ring (bicyclic) bond motifs is 1. The summed E-state index contributed by atoms with van der Waals surface area (Å²) in [5.74, 6) is 0.624. The first-order valence-corrected chi connectivity index (χ1v) is 10.5. The van der Waals surface area contributed by atoms with Gasteiger partial charge < -0.3 is 9.74 Å². The first-order valence-electron chi connectivity index (χ1n) is 10.5. The molecular weight excluding hydrogens is 398 g/mol. The summed E-state index contributed by atoms with van der Waals surface area (Å²) in [7, 11) is 1.31. The summed E-state index contributed by atoms with van der Waals surface area (Å²) in [4.78, 5) is 51.7. The quantitative estimate of drug-likeness (QED) is 0.365. The third-order valence-corrected chi connectivity index (χ3v) is 5.75. The van der Waals surface area contributed by atoms with E-state index in [0.29, 0.717) is 22.6 Å². The van der Waals surface area contributed by atoms with Crippen molar-refractivity contribution < 1.29 is 19.3 Å². The van der Waals surface area contributed by atoms with Crippen LogP contribution in [0.5, 0.6) is 0 Å². The van der Waals surface area contributed by atoms with Gasteiger partial charge in [-0.15, -0.1) is 0 Å². The molecule has 1 saturated heterocycles. The highest BCUT2D eigenvalue weighted by molar-refractivity contribution is 6.21. The molecule has 2 aliphatic rings. The Hall–Kier alpha value is -3.33. The molecule has 31 heavy (non-hydrogen) atoms. The maximum Gasteiger partial charge on any atom is 0.410 e. The molecule has 1 aromatic heterocycles. The van der Waals surface area contributed by atoms with E-state index < -0.39 is 0 Å². The number of rotatable bonds is 8. The molecule has 2 aliphatic heterocycles. The SMILES string of the molecule is CO[N+](=O)c1cccc(N2CCN(CCCCN3C(=O)c4ccccc4C3=O)CC2)n1. The molecule has 0 spiro atoms. The summed E-state index contributed by atoms with van der Waals surface area (Å²) in [6, 6.07) is 12.3. The minimum absolute atomic E-state index is 0.186. The molecule has 2 aromatic rings. The summed E-state index contributed by atoms with van der Waals surface area (Å²) in [5.41, 5.74) is 1.01. The van der Waals surface area contributed by atoms with Crippen LogP contribution < -0.4 is 4.90 Å². The number of aromatic nitrogens is 1. The van der Waals surface area contributed by atoms with Crippen molar-refractivity contribution in [1.82, 2.24) is 14.8 Å². The number of carbonyl (C=O) groups is 2. The maximum atomic E-state index is 12.4. The smallest absolute Gasteiger partial charge is 0.333 e. The van der Waals surface area contributed by atoms with Crippen molar-refractivity contribution in [3.8, 4) is 0 Å². The first kappa shape index (κ1) is 20.9. The molecule has 4 rings (SSSR count). The molecule has 9 nitrogen and oxygen atoms in total. The molecule has 2 amide bonds. The van der Waals surface area contributed by atoms with Crippen LogP contribution in [0.4, 0.5) is 11.6 Å². The van der Waals surface area contributed by atoms with Crippen molar-refractivity contribution >= 4 is 23.5 Å². The highest BCUT2D eigenvalue weighted by Crippen LogP contribution is 2.23. The minimum Gasteiger partial charge on any atom is -0.333 e. The predicted octanol–water partition coefficient (Wildman–Crippen LogP) is 2.25. The number of nitrogens with zero attached hydrogens (tertiary/aromatic N) is 5. The second-order valence-electron chi connectivity index (χ2n) is 7.64. The summed E-state index contributed by atoms with van der Waals surface area (Å²) in [5, 5.41) is 0. The summed E-state index contributed by atoms with van der Waals surface area (Å²) < 4.78 is 0. The van der Waals surface area contributed by atoms with Crippen LogP contribution in [0.3, 0.4) is 0 Å². The third-order valence-electron chi connectivity index (χ3n) is 5.75. The summed E-state index contributed by atoms with van der Waals surface area (Å²) in [6.07, 6.45) is 1.70. The fourth-order valence-electron chi connectivity index (χ4n) is 4.03. The molecule has 0 N–H and O–H groups in total. The van der Waals surface area contributed by atoms with E-state index in [1.165, 1.54) is 12.0 Å². The van der Waals surface area contributed by atoms with Crippen molar-refractivity contribution in [2.45, 2.75) is 12.8 Å². The van der Waals surface area contributed by atoms with Crippen molar-refractivity contribution in [3.63, 3.8) is 0 Å². The Kier molecular flexibility index (Phi) is 6.22. The van der Waals surface area contributed by atoms with Crippen LogP contribution in [-0.2, 0) is 4.84 Å². The fraction of sp³-hybridized carbons (Fsp3) is 0.409. The van der Waals surface area contributed by atoms with Crippen molar-refractivity contribution in [2.75, 3.05) is 51.3 Å². The number of unbranched alkanes of at least 4 members (excludes halogenated alkanes) is 1. The Labute approximate surface area is 180 Å². The lowest BCUT2D eigenvalue weighted by molar-refractivity contribution is -0.739. The third kappa shape index (κ3) is 4.41. The molecule has 0 saturated carbocycles. The van der Waals surface area contributed by atoms with E-state index in [1.807, 2.05) is 6.07 Å². The molecule has 0 radical (unpaired) electrons. The number of pyridine rings is 1. The molecule has 9 heteroatoms. The highest BCUT2D eigenvalue weighted by Gasteiger charge is 2.34. The van der Waals surface area contributed by atoms with Gasteiger partial charge >= 0.3 is 5.82 Å². The van der Waals surface area contributed by atoms with E-state index in [2.05, 4.69) is 19.6 Å². The minimum atomic E-state index is -0.186. The molecule has 0 atom stereocenters. The van der Waals surface area contributed by atoms with Gasteiger partial charge in [0, 0.05) is 44.9 Å². The number of piperazine rings is 1. The van der Waals surface area contributed by atoms with Gasteiger partial charge in [0.25, 0.3) is 11.8 Å². The number of hydrogen-bond acceptors (Lipinski definition) is 7. The van der Waals surface area contributed by atoms with E-state index in [1.54, 1.807) is 36.4 Å². The van der Waals surface area contributed by atoms with E-state index in [-0.39, 0.29) is 17.6 Å². The van der Waals surface area contributed by atoms with Crippen LogP contribution in [0.1, 0.15) is 33.6 Å². The van der Waals surface area contributed by atoms with Gasteiger partial charge in [-0.3, -0.25) is 19.4 Å². The van der Waals surface area contributed by atoms with E-state index >= 15 is 0 Å². The highest BCUT2D eigenvalue weighted by atomic mass is 16.8. The zero-order chi connectivity index (χ0) is 21.8. The Morgan fingerprint density at radius 3 is 2.19 bits per heavy atom. The van der Waals surface area contributed by atoms with Crippen LogP contribution in [0.25, 0.3) is 0 Å². The standard InChI is InChI=1S/C22H26N5O4/c1-31-27(30)20-10-6-9-19(23-20)25-15-13-24(14-16-25)11-4-5-12-26-21(28)17-7-2-3-8-18(17)22(26)29/h2-3,6-10H,4-5,11-16H2,1H3/q+1. The average molecular weight is 424 g/mol. The zero-order valence-electron chi connectivity index (χ0n) is 17.6. The molecule has 1 fully saturated rings. The number of imide groups is 1. The predicted molar refractivity (Wildman–Crippen MR) is 114 cm³/mol. The molecule has 0 aliphatic carbocycles. The van der Waals surface area contributed by atoms with Gasteiger partial charge in [-0.05, 0) is 47.5 Å². The lowest BCUT2D eigenvalue weighted by Crippen LogP contribution is -2.47. The van der Waals surface area contributed by atoms with Gasteiger partial charge in [0.1, 0.15) is 7.11 Å².